The van der Waals surface area contributed by atoms with Gasteiger partial charge in [-0.25, -0.2) is 0 Å². The summed E-state index contributed by atoms with van der Waals surface area (Å²) in [6, 6.07) is 3.70. The smallest absolute Gasteiger partial charge is 0.0645 e. The monoisotopic (exact) mass is 188 g/mol. The number of carboxylic acid groups (broad SMARTS) is 1. The van der Waals surface area contributed by atoms with Gasteiger partial charge in [0, 0.05) is 12.4 Å². The van der Waals surface area contributed by atoms with Crippen molar-refractivity contribution in [3.63, 3.8) is 0 Å². The minimum atomic E-state index is -1.18. The van der Waals surface area contributed by atoms with Crippen LogP contribution in [0.25, 0.3) is 6.08 Å². The number of allylic oxidation sites excluding steroid dienone is 2. The van der Waals surface area contributed by atoms with Gasteiger partial charge in [0.2, 0.25) is 0 Å². The Hall–Kier alpha value is -1.90. The van der Waals surface area contributed by atoms with Gasteiger partial charge in [0.25, 0.3) is 0 Å². The van der Waals surface area contributed by atoms with Crippen molar-refractivity contribution in [3.8, 4) is 0 Å². The number of aromatic nitrogens is 1. The highest BCUT2D eigenvalue weighted by Gasteiger charge is 1.85. The molecular weight excluding hydrogens is 178 g/mol. The Labute approximate surface area is 82.4 Å². The van der Waals surface area contributed by atoms with E-state index in [4.69, 9.17) is 0 Å². The average molecular weight is 188 g/mol. The summed E-state index contributed by atoms with van der Waals surface area (Å²) in [7, 11) is 0. The summed E-state index contributed by atoms with van der Waals surface area (Å²) < 4.78 is 0. The van der Waals surface area contributed by atoms with Crippen LogP contribution in [0.2, 0.25) is 0 Å². The van der Waals surface area contributed by atoms with Crippen LogP contribution in [-0.4, -0.2) is 11.0 Å². The highest BCUT2D eigenvalue weighted by Crippen LogP contribution is 2.02. The fourth-order valence-electron chi connectivity index (χ4n) is 0.936. The summed E-state index contributed by atoms with van der Waals surface area (Å²) in [5.74, 6) is -1.18. The van der Waals surface area contributed by atoms with Gasteiger partial charge in [0.15, 0.2) is 0 Å². The molecular formula is C11H10NO2-. The highest BCUT2D eigenvalue weighted by atomic mass is 16.4. The van der Waals surface area contributed by atoms with Crippen LogP contribution in [0.5, 0.6) is 0 Å². The molecule has 0 aliphatic carbocycles. The van der Waals surface area contributed by atoms with Crippen molar-refractivity contribution in [1.82, 2.24) is 4.98 Å². The molecule has 0 saturated carbocycles. The Morgan fingerprint density at radius 2 is 2.36 bits per heavy atom. The highest BCUT2D eigenvalue weighted by molar-refractivity contribution is 5.79. The molecule has 0 unspecified atom stereocenters. The van der Waals surface area contributed by atoms with E-state index in [1.165, 1.54) is 0 Å². The molecule has 0 aliphatic rings. The number of hydrogen-bond acceptors (Lipinski definition) is 3. The number of nitrogens with zero attached hydrogens (tertiary/aromatic N) is 1. The van der Waals surface area contributed by atoms with Crippen LogP contribution in [0.15, 0.2) is 42.3 Å². The predicted molar refractivity (Wildman–Crippen MR) is 52.0 cm³/mol. The summed E-state index contributed by atoms with van der Waals surface area (Å²) in [6.45, 7) is 1.70. The maximum atomic E-state index is 10.2. The summed E-state index contributed by atoms with van der Waals surface area (Å²) in [6.07, 6.45) is 7.92. The molecule has 0 aliphatic heterocycles. The molecule has 1 heterocycles. The molecule has 1 aromatic heterocycles. The molecule has 14 heavy (non-hydrogen) atoms. The molecule has 0 aromatic carbocycles. The second-order valence-corrected chi connectivity index (χ2v) is 2.83. The van der Waals surface area contributed by atoms with Crippen molar-refractivity contribution in [2.75, 3.05) is 0 Å². The van der Waals surface area contributed by atoms with Gasteiger partial charge >= 0.3 is 0 Å². The van der Waals surface area contributed by atoms with Gasteiger partial charge in [0.05, 0.1) is 5.97 Å². The number of rotatable bonds is 3. The van der Waals surface area contributed by atoms with Crippen molar-refractivity contribution in [2.45, 2.75) is 6.92 Å². The number of carboxylic acids is 1. The van der Waals surface area contributed by atoms with E-state index >= 15 is 0 Å². The topological polar surface area (TPSA) is 53.0 Å². The van der Waals surface area contributed by atoms with Gasteiger partial charge < -0.3 is 9.90 Å². The molecule has 0 radical (unpaired) electrons. The Kier molecular flexibility index (Phi) is 3.61. The SMILES string of the molecule is C/C(C=Cc1cccnc1)=C/C(=O)[O-]. The van der Waals surface area contributed by atoms with E-state index in [-0.39, 0.29) is 0 Å². The molecule has 0 spiro atoms. The zero-order valence-corrected chi connectivity index (χ0v) is 7.81. The second kappa shape index (κ2) is 4.97. The maximum Gasteiger partial charge on any atom is 0.0645 e. The molecule has 0 fully saturated rings. The molecule has 0 atom stereocenters. The van der Waals surface area contributed by atoms with E-state index in [1.54, 1.807) is 31.5 Å². The van der Waals surface area contributed by atoms with Crippen molar-refractivity contribution >= 4 is 12.0 Å². The number of hydrogen-bond donors (Lipinski definition) is 0. The van der Waals surface area contributed by atoms with Crippen molar-refractivity contribution in [3.05, 3.63) is 47.8 Å². The molecule has 1 aromatic rings. The summed E-state index contributed by atoms with van der Waals surface area (Å²) in [4.78, 5) is 14.1. The second-order valence-electron chi connectivity index (χ2n) is 2.83. The number of carbonyl (C=O) groups excluding carboxylic acids is 1. The first kappa shape index (κ1) is 10.2. The maximum absolute atomic E-state index is 10.2. The summed E-state index contributed by atoms with van der Waals surface area (Å²) in [5, 5.41) is 10.2. The van der Waals surface area contributed by atoms with E-state index in [0.717, 1.165) is 11.6 Å². The Balaban J connectivity index is 2.70. The van der Waals surface area contributed by atoms with Crippen LogP contribution in [0.1, 0.15) is 12.5 Å². The van der Waals surface area contributed by atoms with Crippen LogP contribution in [0.3, 0.4) is 0 Å². The van der Waals surface area contributed by atoms with Crippen LogP contribution in [-0.2, 0) is 4.79 Å². The lowest BCUT2D eigenvalue weighted by molar-refractivity contribution is -0.297. The Bertz CT molecular complexity index is 366. The van der Waals surface area contributed by atoms with Gasteiger partial charge in [-0.15, -0.1) is 0 Å². The largest absolute Gasteiger partial charge is 0.545 e. The van der Waals surface area contributed by atoms with Crippen LogP contribution >= 0.6 is 0 Å². The summed E-state index contributed by atoms with van der Waals surface area (Å²) in [5.41, 5.74) is 1.56. The number of carbonyl (C=O) groups is 1. The third kappa shape index (κ3) is 3.67. The van der Waals surface area contributed by atoms with E-state index in [1.807, 2.05) is 12.1 Å². The van der Waals surface area contributed by atoms with Gasteiger partial charge in [-0.2, -0.15) is 0 Å². The molecule has 0 N–H and O–H groups in total. The Morgan fingerprint density at radius 1 is 1.57 bits per heavy atom. The van der Waals surface area contributed by atoms with Crippen molar-refractivity contribution in [1.29, 1.82) is 0 Å². The predicted octanol–water partition coefficient (Wildman–Crippen LogP) is 0.791. The van der Waals surface area contributed by atoms with E-state index in [2.05, 4.69) is 4.98 Å². The first-order valence-electron chi connectivity index (χ1n) is 4.16. The number of pyridine rings is 1. The lowest BCUT2D eigenvalue weighted by Crippen LogP contribution is -2.19. The molecule has 0 bridgehead atoms. The van der Waals surface area contributed by atoms with Crippen LogP contribution < -0.4 is 5.11 Å². The molecule has 0 saturated heterocycles. The van der Waals surface area contributed by atoms with Crippen LogP contribution in [0.4, 0.5) is 0 Å². The van der Waals surface area contributed by atoms with Gasteiger partial charge in [0.1, 0.15) is 0 Å². The zero-order chi connectivity index (χ0) is 10.4. The molecule has 0 amide bonds. The molecule has 3 heteroatoms. The first-order valence-corrected chi connectivity index (χ1v) is 4.16. The minimum absolute atomic E-state index is 0.633. The average Bonchev–Trinajstić information content (AvgIpc) is 2.15. The third-order valence-corrected chi connectivity index (χ3v) is 1.57. The van der Waals surface area contributed by atoms with E-state index in [0.29, 0.717) is 5.57 Å². The first-order chi connectivity index (χ1) is 6.68. The van der Waals surface area contributed by atoms with Gasteiger partial charge in [-0.1, -0.05) is 18.2 Å². The normalized spacial score (nSPS) is 11.9. The van der Waals surface area contributed by atoms with E-state index < -0.39 is 5.97 Å². The fourth-order valence-corrected chi connectivity index (χ4v) is 0.936. The molecule has 72 valence electrons. The zero-order valence-electron chi connectivity index (χ0n) is 7.81. The standard InChI is InChI=1S/C11H11NO2/c1-9(7-11(13)14)4-5-10-3-2-6-12-8-10/h2-8H,1H3,(H,13,14)/p-1/b5-4?,9-7-. The fraction of sp³-hybridized carbons (Fsp3) is 0.0909. The minimum Gasteiger partial charge on any atom is -0.545 e. The van der Waals surface area contributed by atoms with Crippen LogP contribution in [0, 0.1) is 0 Å². The Morgan fingerprint density at radius 3 is 2.93 bits per heavy atom. The molecule has 1 rings (SSSR count). The van der Waals surface area contributed by atoms with Gasteiger partial charge in [-0.3, -0.25) is 4.98 Å². The lowest BCUT2D eigenvalue weighted by atomic mass is 10.2. The third-order valence-electron chi connectivity index (χ3n) is 1.57. The number of aliphatic carboxylic acids is 1. The lowest BCUT2D eigenvalue weighted by Gasteiger charge is -1.94. The molecule has 3 nitrogen and oxygen atoms in total. The summed E-state index contributed by atoms with van der Waals surface area (Å²) >= 11 is 0. The quantitative estimate of drug-likeness (QED) is 0.520. The van der Waals surface area contributed by atoms with Gasteiger partial charge in [-0.05, 0) is 30.2 Å². The van der Waals surface area contributed by atoms with E-state index in [9.17, 15) is 9.90 Å². The van der Waals surface area contributed by atoms with Crippen molar-refractivity contribution in [2.24, 2.45) is 0 Å². The van der Waals surface area contributed by atoms with Crippen molar-refractivity contribution < 1.29 is 9.90 Å².